The van der Waals surface area contributed by atoms with Gasteiger partial charge in [0.25, 0.3) is 0 Å². The van der Waals surface area contributed by atoms with E-state index >= 15 is 0 Å². The van der Waals surface area contributed by atoms with E-state index in [0.717, 1.165) is 10.7 Å². The Bertz CT molecular complexity index is 1390. The second-order valence-electron chi connectivity index (χ2n) is 13.4. The molecule has 3 nitrogen and oxygen atoms in total. The Morgan fingerprint density at radius 1 is 0.714 bits per heavy atom. The van der Waals surface area contributed by atoms with E-state index in [4.69, 9.17) is 4.74 Å². The van der Waals surface area contributed by atoms with Gasteiger partial charge in [-0.15, -0.1) is 0 Å². The van der Waals surface area contributed by atoms with Gasteiger partial charge in [0, 0.05) is 0 Å². The predicted molar refractivity (Wildman–Crippen MR) is 179 cm³/mol. The van der Waals surface area contributed by atoms with Gasteiger partial charge in [-0.1, -0.05) is 0 Å². The Labute approximate surface area is 268 Å². The van der Waals surface area contributed by atoms with E-state index in [1.807, 2.05) is 7.11 Å². The number of aryl methyl sites for hydroxylation is 1. The fraction of sp³-hybridized carbons (Fsp3) is 0.421. The van der Waals surface area contributed by atoms with E-state index in [9.17, 15) is 0 Å². The van der Waals surface area contributed by atoms with Gasteiger partial charge in [-0.05, 0) is 0 Å². The molecule has 4 rings (SSSR count). The van der Waals surface area contributed by atoms with Crippen molar-refractivity contribution < 1.29 is 37.0 Å². The molecule has 0 bridgehead atoms. The zero-order valence-corrected chi connectivity index (χ0v) is 29.6. The second-order valence-corrected chi connectivity index (χ2v) is 18.9. The second kappa shape index (κ2) is 12.8. The van der Waals surface area contributed by atoms with Crippen LogP contribution in [-0.2, 0) is 15.7 Å². The van der Waals surface area contributed by atoms with E-state index in [1.54, 1.807) is 0 Å². The zero-order valence-electron chi connectivity index (χ0n) is 27.6. The average molecular weight is 714 g/mol. The van der Waals surface area contributed by atoms with Gasteiger partial charge in [0.05, 0.1) is 0 Å². The van der Waals surface area contributed by atoms with Crippen molar-refractivity contribution in [2.24, 2.45) is 0 Å². The Hall–Kier alpha value is -2.19. The molecule has 0 atom stereocenters. The van der Waals surface area contributed by atoms with Crippen LogP contribution in [0.5, 0.6) is 5.75 Å². The van der Waals surface area contributed by atoms with Gasteiger partial charge in [-0.2, -0.15) is 0 Å². The molecule has 3 aromatic carbocycles. The summed E-state index contributed by atoms with van der Waals surface area (Å²) in [6, 6.07) is 22.7. The molecule has 4 heteroatoms. The summed E-state index contributed by atoms with van der Waals surface area (Å²) in [6.45, 7) is 14.1. The van der Waals surface area contributed by atoms with Gasteiger partial charge in [-0.25, -0.2) is 0 Å². The molecular formula is C38H51DyN2O. The molecule has 0 aromatic heterocycles. The van der Waals surface area contributed by atoms with E-state index in [1.165, 1.54) is 39.2 Å². The van der Waals surface area contributed by atoms with Crippen molar-refractivity contribution >= 4 is 11.4 Å². The van der Waals surface area contributed by atoms with E-state index in [2.05, 4.69) is 165 Å². The molecule has 0 heterocycles. The van der Waals surface area contributed by atoms with E-state index in [0.29, 0.717) is 0 Å². The van der Waals surface area contributed by atoms with Crippen LogP contribution in [0.4, 0.5) is 11.4 Å². The number of nitrogens with zero attached hydrogens (tertiary/aromatic N) is 2. The predicted octanol–water partition coefficient (Wildman–Crippen LogP) is 9.02. The molecule has 0 fully saturated rings. The molecule has 42 heavy (non-hydrogen) atoms. The summed E-state index contributed by atoms with van der Waals surface area (Å²) in [6.07, 6.45) is 9.70. The number of hydrogen-bond acceptors (Lipinski definition) is 3. The molecule has 0 N–H and O–H groups in total. The normalized spacial score (nSPS) is 14.7. The molecule has 229 valence electrons. The minimum absolute atomic E-state index is 0.0234. The summed E-state index contributed by atoms with van der Waals surface area (Å²) in [4.78, 5) is 4.55. The summed E-state index contributed by atoms with van der Waals surface area (Å²) in [7, 11) is 10.5. The third-order valence-electron chi connectivity index (χ3n) is 8.43. The van der Waals surface area contributed by atoms with Crippen LogP contribution in [0.25, 0.3) is 0 Å². The number of hydrogen-bond donors (Lipinski definition) is 0. The zero-order chi connectivity index (χ0) is 30.9. The molecule has 0 saturated carbocycles. The molecule has 0 aliphatic heterocycles. The van der Waals surface area contributed by atoms with Crippen molar-refractivity contribution in [3.05, 3.63) is 113 Å². The SMILES string of the molecule is COc1c(C(C)(C)C)cc(C)cc1C(C)(C)[C]1([Dy]([CH2]c2ccccc2N(C)C)[CH2]c2ccccc2N(C)C)C=CC=C1. The molecule has 1 aliphatic rings. The fourth-order valence-electron chi connectivity index (χ4n) is 6.09. The molecule has 1 aliphatic carbocycles. The van der Waals surface area contributed by atoms with Crippen LogP contribution in [0.2, 0.25) is 1.45 Å². The third kappa shape index (κ3) is 6.35. The topological polar surface area (TPSA) is 15.7 Å². The maximum absolute atomic E-state index is 6.32. The summed E-state index contributed by atoms with van der Waals surface area (Å²) >= 11 is -1.96. The van der Waals surface area contributed by atoms with Crippen molar-refractivity contribution in [3.8, 4) is 5.75 Å². The van der Waals surface area contributed by atoms with Crippen LogP contribution < -0.4 is 14.5 Å². The van der Waals surface area contributed by atoms with Gasteiger partial charge in [0.2, 0.25) is 0 Å². The van der Waals surface area contributed by atoms with Crippen molar-refractivity contribution in [1.82, 2.24) is 0 Å². The molecule has 3 aromatic rings. The van der Waals surface area contributed by atoms with Crippen LogP contribution in [0, 0.1) is 39.2 Å². The number of anilines is 2. The number of ether oxygens (including phenoxy) is 1. The quantitative estimate of drug-likeness (QED) is 0.209. The summed E-state index contributed by atoms with van der Waals surface area (Å²) < 4.78 is 8.45. The average Bonchev–Trinajstić information content (AvgIpc) is 3.44. The number of benzene rings is 3. The van der Waals surface area contributed by atoms with Gasteiger partial charge in [0.1, 0.15) is 0 Å². The molecule has 0 saturated heterocycles. The van der Waals surface area contributed by atoms with Crippen LogP contribution >= 0.6 is 0 Å². The molecule has 0 amide bonds. The van der Waals surface area contributed by atoms with Crippen LogP contribution in [-0.4, -0.2) is 35.3 Å². The number of para-hydroxylation sites is 2. The van der Waals surface area contributed by atoms with Gasteiger partial charge >= 0.3 is 271 Å². The Morgan fingerprint density at radius 3 is 1.60 bits per heavy atom. The molecule has 0 radical (unpaired) electrons. The van der Waals surface area contributed by atoms with Crippen molar-refractivity contribution in [1.29, 1.82) is 0 Å². The molecule has 0 unspecified atom stereocenters. The van der Waals surface area contributed by atoms with E-state index in [-0.39, 0.29) is 12.3 Å². The summed E-state index contributed by atoms with van der Waals surface area (Å²) in [5.41, 5.74) is 9.22. The monoisotopic (exact) mass is 715 g/mol. The first-order valence-corrected chi connectivity index (χ1v) is 18.7. The Balaban J connectivity index is 1.97. The van der Waals surface area contributed by atoms with Crippen LogP contribution in [0.3, 0.4) is 0 Å². The van der Waals surface area contributed by atoms with Crippen LogP contribution in [0.1, 0.15) is 62.4 Å². The van der Waals surface area contributed by atoms with Crippen molar-refractivity contribution in [2.45, 2.75) is 58.7 Å². The summed E-state index contributed by atoms with van der Waals surface area (Å²) in [5, 5.41) is 0. The van der Waals surface area contributed by atoms with E-state index < -0.39 is 32.3 Å². The standard InChI is InChI=1S/C20H27O.2C9H12N.Dy/c1-14-12-16(19(2,3)4)18(21-7)17(13-14)20(5,6)15-10-8-9-11-15;2*1-8-6-4-5-7-9(8)10(2)3;/h8-13H,1-7H3;2*4-7H,1H2,2-3H3;. The molecule has 0 spiro atoms. The number of allylic oxidation sites excluding steroid dienone is 4. The number of methoxy groups -OCH3 is 1. The van der Waals surface area contributed by atoms with Crippen LogP contribution in [0.15, 0.2) is 85.0 Å². The molecular weight excluding hydrogens is 663 g/mol. The van der Waals surface area contributed by atoms with Crippen molar-refractivity contribution in [3.63, 3.8) is 0 Å². The maximum atomic E-state index is 6.32. The minimum atomic E-state index is -1.96. The van der Waals surface area contributed by atoms with Gasteiger partial charge in [-0.3, -0.25) is 0 Å². The van der Waals surface area contributed by atoms with Gasteiger partial charge < -0.3 is 0 Å². The number of rotatable bonds is 10. The summed E-state index contributed by atoms with van der Waals surface area (Å²) in [5.74, 6) is 1.05. The first kappa shape index (κ1) is 32.7. The third-order valence-corrected chi connectivity index (χ3v) is 16.0. The van der Waals surface area contributed by atoms with Gasteiger partial charge in [0.15, 0.2) is 0 Å². The Kier molecular flexibility index (Phi) is 9.98. The van der Waals surface area contributed by atoms with Crippen molar-refractivity contribution in [2.75, 3.05) is 45.1 Å². The first-order valence-electron chi connectivity index (χ1n) is 14.8. The Morgan fingerprint density at radius 2 is 1.17 bits per heavy atom. The fourth-order valence-corrected chi connectivity index (χ4v) is 14.0. The first-order chi connectivity index (χ1) is 19.7.